The Labute approximate surface area is 121 Å². The van der Waals surface area contributed by atoms with Crippen molar-refractivity contribution in [3.05, 3.63) is 11.9 Å². The summed E-state index contributed by atoms with van der Waals surface area (Å²) >= 11 is 0. The summed E-state index contributed by atoms with van der Waals surface area (Å²) < 4.78 is 0. The standard InChI is InChI=1S/C15H26N4O/c1-3-8-16-14-11(2)15(18-10-17-14)19-13-7-5-4-6-12(13)9-20/h10,12-13,20H,3-9H2,1-2H3,(H2,16,17,18,19). The molecule has 0 bridgehead atoms. The molecule has 20 heavy (non-hydrogen) atoms. The molecular weight excluding hydrogens is 252 g/mol. The van der Waals surface area contributed by atoms with Gasteiger partial charge in [0.25, 0.3) is 0 Å². The number of hydrogen-bond donors (Lipinski definition) is 3. The molecule has 1 aromatic rings. The van der Waals surface area contributed by atoms with Gasteiger partial charge in [0.05, 0.1) is 0 Å². The van der Waals surface area contributed by atoms with Crippen molar-refractivity contribution in [3.63, 3.8) is 0 Å². The van der Waals surface area contributed by atoms with Gasteiger partial charge in [-0.15, -0.1) is 0 Å². The molecule has 0 amide bonds. The first-order valence-corrected chi connectivity index (χ1v) is 7.69. The molecule has 1 aromatic heterocycles. The molecule has 0 saturated heterocycles. The van der Waals surface area contributed by atoms with Crippen LogP contribution >= 0.6 is 0 Å². The van der Waals surface area contributed by atoms with Crippen LogP contribution in [0.4, 0.5) is 11.6 Å². The molecule has 2 rings (SSSR count). The third kappa shape index (κ3) is 3.60. The first-order chi connectivity index (χ1) is 9.76. The molecule has 1 heterocycles. The lowest BCUT2D eigenvalue weighted by atomic mass is 9.85. The van der Waals surface area contributed by atoms with E-state index in [0.717, 1.165) is 43.0 Å². The maximum absolute atomic E-state index is 9.49. The Morgan fingerprint density at radius 3 is 2.75 bits per heavy atom. The molecule has 5 heteroatoms. The fraction of sp³-hybridized carbons (Fsp3) is 0.733. The highest BCUT2D eigenvalue weighted by atomic mass is 16.3. The Morgan fingerprint density at radius 2 is 2.00 bits per heavy atom. The van der Waals surface area contributed by atoms with E-state index in [-0.39, 0.29) is 6.61 Å². The van der Waals surface area contributed by atoms with Crippen LogP contribution in [0.15, 0.2) is 6.33 Å². The van der Waals surface area contributed by atoms with Crippen molar-refractivity contribution in [2.45, 2.75) is 52.0 Å². The monoisotopic (exact) mass is 278 g/mol. The van der Waals surface area contributed by atoms with Gasteiger partial charge in [-0.3, -0.25) is 0 Å². The molecule has 1 aliphatic carbocycles. The van der Waals surface area contributed by atoms with Crippen LogP contribution in [0.25, 0.3) is 0 Å². The van der Waals surface area contributed by atoms with E-state index < -0.39 is 0 Å². The molecule has 2 atom stereocenters. The molecule has 3 N–H and O–H groups in total. The van der Waals surface area contributed by atoms with Crippen LogP contribution in [0.2, 0.25) is 0 Å². The lowest BCUT2D eigenvalue weighted by Crippen LogP contribution is -2.35. The number of hydrogen-bond acceptors (Lipinski definition) is 5. The van der Waals surface area contributed by atoms with Crippen LogP contribution in [-0.2, 0) is 0 Å². The summed E-state index contributed by atoms with van der Waals surface area (Å²) in [5, 5.41) is 16.3. The number of nitrogens with zero attached hydrogens (tertiary/aromatic N) is 2. The minimum absolute atomic E-state index is 0.253. The first-order valence-electron chi connectivity index (χ1n) is 7.69. The quantitative estimate of drug-likeness (QED) is 0.746. The average molecular weight is 278 g/mol. The molecule has 2 unspecified atom stereocenters. The van der Waals surface area contributed by atoms with Gasteiger partial charge in [-0.1, -0.05) is 19.8 Å². The molecule has 0 aromatic carbocycles. The van der Waals surface area contributed by atoms with E-state index in [1.165, 1.54) is 12.8 Å². The fourth-order valence-corrected chi connectivity index (χ4v) is 2.81. The summed E-state index contributed by atoms with van der Waals surface area (Å²) in [5.41, 5.74) is 1.06. The summed E-state index contributed by atoms with van der Waals surface area (Å²) in [6.07, 6.45) is 7.31. The predicted octanol–water partition coefficient (Wildman–Crippen LogP) is 2.57. The SMILES string of the molecule is CCCNc1ncnc(NC2CCCCC2CO)c1C. The van der Waals surface area contributed by atoms with Crippen molar-refractivity contribution in [2.75, 3.05) is 23.8 Å². The summed E-state index contributed by atoms with van der Waals surface area (Å²) in [7, 11) is 0. The third-order valence-corrected chi connectivity index (χ3v) is 4.09. The molecule has 0 radical (unpaired) electrons. The van der Waals surface area contributed by atoms with Gasteiger partial charge in [-0.2, -0.15) is 0 Å². The Morgan fingerprint density at radius 1 is 1.25 bits per heavy atom. The molecule has 1 fully saturated rings. The summed E-state index contributed by atoms with van der Waals surface area (Å²) in [6, 6.07) is 0.321. The van der Waals surface area contributed by atoms with Gasteiger partial charge in [0.2, 0.25) is 0 Å². The topological polar surface area (TPSA) is 70.1 Å². The maximum atomic E-state index is 9.49. The van der Waals surface area contributed by atoms with Gasteiger partial charge in [0, 0.05) is 30.7 Å². The number of anilines is 2. The third-order valence-electron chi connectivity index (χ3n) is 4.09. The minimum Gasteiger partial charge on any atom is -0.396 e. The van der Waals surface area contributed by atoms with Gasteiger partial charge in [0.1, 0.15) is 18.0 Å². The second kappa shape index (κ2) is 7.43. The minimum atomic E-state index is 0.253. The number of aliphatic hydroxyl groups excluding tert-OH is 1. The van der Waals surface area contributed by atoms with E-state index in [1.807, 2.05) is 6.92 Å². The highest BCUT2D eigenvalue weighted by Gasteiger charge is 2.25. The van der Waals surface area contributed by atoms with Crippen molar-refractivity contribution in [1.29, 1.82) is 0 Å². The van der Waals surface area contributed by atoms with E-state index >= 15 is 0 Å². The molecular formula is C15H26N4O. The Kier molecular flexibility index (Phi) is 5.59. The lowest BCUT2D eigenvalue weighted by Gasteiger charge is -2.31. The Balaban J connectivity index is 2.08. The smallest absolute Gasteiger partial charge is 0.134 e. The second-order valence-electron chi connectivity index (χ2n) is 5.60. The molecule has 5 nitrogen and oxygen atoms in total. The molecule has 0 spiro atoms. The number of aromatic nitrogens is 2. The summed E-state index contributed by atoms with van der Waals surface area (Å²) in [4.78, 5) is 8.66. The van der Waals surface area contributed by atoms with Crippen LogP contribution in [0, 0.1) is 12.8 Å². The van der Waals surface area contributed by atoms with Gasteiger partial charge >= 0.3 is 0 Å². The summed E-state index contributed by atoms with van der Waals surface area (Å²) in [5.74, 6) is 2.13. The zero-order valence-electron chi connectivity index (χ0n) is 12.5. The zero-order valence-corrected chi connectivity index (χ0v) is 12.5. The van der Waals surface area contributed by atoms with Crippen molar-refractivity contribution in [3.8, 4) is 0 Å². The molecule has 1 aliphatic rings. The first kappa shape index (κ1) is 15.0. The van der Waals surface area contributed by atoms with E-state index in [1.54, 1.807) is 6.33 Å². The number of nitrogens with one attached hydrogen (secondary N) is 2. The van der Waals surface area contributed by atoms with Crippen LogP contribution in [-0.4, -0.2) is 34.3 Å². The zero-order chi connectivity index (χ0) is 14.4. The van der Waals surface area contributed by atoms with Crippen LogP contribution < -0.4 is 10.6 Å². The number of rotatable bonds is 6. The van der Waals surface area contributed by atoms with Crippen LogP contribution in [0.3, 0.4) is 0 Å². The van der Waals surface area contributed by atoms with Crippen LogP contribution in [0.5, 0.6) is 0 Å². The average Bonchev–Trinajstić information content (AvgIpc) is 2.48. The predicted molar refractivity (Wildman–Crippen MR) is 82.0 cm³/mol. The molecule has 0 aliphatic heterocycles. The highest BCUT2D eigenvalue weighted by molar-refractivity contribution is 5.56. The normalized spacial score (nSPS) is 22.6. The van der Waals surface area contributed by atoms with E-state index in [0.29, 0.717) is 12.0 Å². The number of aliphatic hydroxyl groups is 1. The highest BCUT2D eigenvalue weighted by Crippen LogP contribution is 2.28. The van der Waals surface area contributed by atoms with Crippen molar-refractivity contribution >= 4 is 11.6 Å². The van der Waals surface area contributed by atoms with Crippen molar-refractivity contribution in [2.24, 2.45) is 5.92 Å². The van der Waals surface area contributed by atoms with Gasteiger partial charge in [0.15, 0.2) is 0 Å². The summed E-state index contributed by atoms with van der Waals surface area (Å²) in [6.45, 7) is 5.34. The van der Waals surface area contributed by atoms with Gasteiger partial charge < -0.3 is 15.7 Å². The van der Waals surface area contributed by atoms with Gasteiger partial charge in [-0.25, -0.2) is 9.97 Å². The van der Waals surface area contributed by atoms with Crippen molar-refractivity contribution in [1.82, 2.24) is 9.97 Å². The molecule has 1 saturated carbocycles. The van der Waals surface area contributed by atoms with E-state index in [9.17, 15) is 5.11 Å². The van der Waals surface area contributed by atoms with E-state index in [2.05, 4.69) is 27.5 Å². The largest absolute Gasteiger partial charge is 0.396 e. The Hall–Kier alpha value is -1.36. The van der Waals surface area contributed by atoms with E-state index in [4.69, 9.17) is 0 Å². The molecule has 112 valence electrons. The fourth-order valence-electron chi connectivity index (χ4n) is 2.81. The lowest BCUT2D eigenvalue weighted by molar-refractivity contribution is 0.178. The van der Waals surface area contributed by atoms with Gasteiger partial charge in [-0.05, 0) is 26.2 Å². The van der Waals surface area contributed by atoms with Crippen LogP contribution in [0.1, 0.15) is 44.6 Å². The second-order valence-corrected chi connectivity index (χ2v) is 5.60. The Bertz CT molecular complexity index is 424. The maximum Gasteiger partial charge on any atom is 0.134 e. The van der Waals surface area contributed by atoms with Crippen molar-refractivity contribution < 1.29 is 5.11 Å².